The molecule has 7 nitrogen and oxygen atoms in total. The van der Waals surface area contributed by atoms with Crippen molar-refractivity contribution >= 4 is 11.9 Å². The van der Waals surface area contributed by atoms with E-state index in [9.17, 15) is 9.59 Å². The Kier molecular flexibility index (Phi) is 6.27. The summed E-state index contributed by atoms with van der Waals surface area (Å²) < 4.78 is 9.77. The molecule has 0 amide bonds. The number of likely N-dealkylation sites (N-methyl/N-ethyl adjacent to an activating group) is 1. The van der Waals surface area contributed by atoms with Gasteiger partial charge in [-0.05, 0) is 19.9 Å². The standard InChI is InChI=1S/C14H19N3O4/c1-4-20-13(18)10(9-15)8-11(14(19)21-5-2)12-16-6-7-17(12)3/h8,16H,4-7H2,1-3H3. The number of nitriles is 1. The number of hydrogen-bond donors (Lipinski definition) is 1. The van der Waals surface area contributed by atoms with Crippen LogP contribution in [0.1, 0.15) is 13.8 Å². The highest BCUT2D eigenvalue weighted by atomic mass is 16.5. The van der Waals surface area contributed by atoms with Crippen LogP contribution in [0, 0.1) is 11.3 Å². The van der Waals surface area contributed by atoms with E-state index in [-0.39, 0.29) is 24.4 Å². The van der Waals surface area contributed by atoms with Crippen molar-refractivity contribution in [3.63, 3.8) is 0 Å². The van der Waals surface area contributed by atoms with E-state index in [1.807, 2.05) is 4.90 Å². The third-order valence-corrected chi connectivity index (χ3v) is 2.78. The largest absolute Gasteiger partial charge is 0.462 e. The zero-order chi connectivity index (χ0) is 15.8. The molecule has 0 aromatic carbocycles. The van der Waals surface area contributed by atoms with Crippen LogP contribution in [0.15, 0.2) is 23.0 Å². The quantitative estimate of drug-likeness (QED) is 0.443. The molecule has 1 heterocycles. The molecule has 1 fully saturated rings. The lowest BCUT2D eigenvalue weighted by Gasteiger charge is -2.15. The second-order valence-corrected chi connectivity index (χ2v) is 4.22. The minimum Gasteiger partial charge on any atom is -0.462 e. The van der Waals surface area contributed by atoms with Gasteiger partial charge in [0.05, 0.1) is 13.2 Å². The van der Waals surface area contributed by atoms with Crippen molar-refractivity contribution in [3.8, 4) is 6.07 Å². The summed E-state index contributed by atoms with van der Waals surface area (Å²) in [5.74, 6) is -0.820. The molecule has 1 rings (SSSR count). The van der Waals surface area contributed by atoms with E-state index >= 15 is 0 Å². The Morgan fingerprint density at radius 2 is 1.95 bits per heavy atom. The Morgan fingerprint density at radius 1 is 1.33 bits per heavy atom. The molecular formula is C14H19N3O4. The Balaban J connectivity index is 3.22. The normalized spacial score (nSPS) is 16.9. The molecule has 1 N–H and O–H groups in total. The first-order valence-electron chi connectivity index (χ1n) is 6.70. The summed E-state index contributed by atoms with van der Waals surface area (Å²) in [7, 11) is 1.80. The number of nitrogens with zero attached hydrogens (tertiary/aromatic N) is 2. The first-order valence-corrected chi connectivity index (χ1v) is 6.70. The minimum absolute atomic E-state index is 0.140. The van der Waals surface area contributed by atoms with E-state index in [1.165, 1.54) is 6.08 Å². The Hall–Kier alpha value is -2.49. The van der Waals surface area contributed by atoms with Crippen LogP contribution < -0.4 is 5.32 Å². The van der Waals surface area contributed by atoms with Crippen LogP contribution in [0.3, 0.4) is 0 Å². The summed E-state index contributed by atoms with van der Waals surface area (Å²) in [5.41, 5.74) is -0.101. The number of carbonyl (C=O) groups is 2. The predicted octanol–water partition coefficient (Wildman–Crippen LogP) is 0.309. The van der Waals surface area contributed by atoms with Gasteiger partial charge in [0.15, 0.2) is 0 Å². The fraction of sp³-hybridized carbons (Fsp3) is 0.500. The summed E-state index contributed by atoms with van der Waals surface area (Å²) in [6.45, 7) is 5.07. The second-order valence-electron chi connectivity index (χ2n) is 4.22. The van der Waals surface area contributed by atoms with Crippen molar-refractivity contribution in [3.05, 3.63) is 23.0 Å². The van der Waals surface area contributed by atoms with Gasteiger partial charge in [0.2, 0.25) is 0 Å². The first kappa shape index (κ1) is 16.6. The van der Waals surface area contributed by atoms with Crippen LogP contribution in [-0.4, -0.2) is 50.2 Å². The van der Waals surface area contributed by atoms with E-state index < -0.39 is 11.9 Å². The van der Waals surface area contributed by atoms with Crippen LogP contribution in [0.25, 0.3) is 0 Å². The molecule has 1 aliphatic heterocycles. The molecule has 0 bridgehead atoms. The third-order valence-electron chi connectivity index (χ3n) is 2.78. The number of rotatable bonds is 5. The summed E-state index contributed by atoms with van der Waals surface area (Å²) in [6.07, 6.45) is 1.21. The van der Waals surface area contributed by atoms with E-state index in [0.717, 1.165) is 0 Å². The highest BCUT2D eigenvalue weighted by Crippen LogP contribution is 2.16. The lowest BCUT2D eigenvalue weighted by atomic mass is 10.1. The fourth-order valence-corrected chi connectivity index (χ4v) is 1.81. The molecule has 0 aliphatic carbocycles. The van der Waals surface area contributed by atoms with Gasteiger partial charge in [0, 0.05) is 20.1 Å². The van der Waals surface area contributed by atoms with Crippen LogP contribution in [0.4, 0.5) is 0 Å². The van der Waals surface area contributed by atoms with Crippen molar-refractivity contribution in [1.29, 1.82) is 5.26 Å². The first-order chi connectivity index (χ1) is 10.0. The average Bonchev–Trinajstić information content (AvgIpc) is 2.86. The molecule has 0 atom stereocenters. The Labute approximate surface area is 123 Å². The van der Waals surface area contributed by atoms with Crippen molar-refractivity contribution in [2.24, 2.45) is 0 Å². The number of carbonyl (C=O) groups excluding carboxylic acids is 2. The molecular weight excluding hydrogens is 274 g/mol. The average molecular weight is 293 g/mol. The van der Waals surface area contributed by atoms with Gasteiger partial charge in [0.1, 0.15) is 23.0 Å². The SMILES string of the molecule is CCOC(=O)C(C#N)=CC(C(=O)OCC)=C1NCCN1C. The third kappa shape index (κ3) is 4.24. The smallest absolute Gasteiger partial charge is 0.348 e. The Bertz CT molecular complexity index is 517. The number of esters is 2. The zero-order valence-corrected chi connectivity index (χ0v) is 12.4. The molecule has 114 valence electrons. The minimum atomic E-state index is -0.761. The molecule has 21 heavy (non-hydrogen) atoms. The van der Waals surface area contributed by atoms with Crippen molar-refractivity contribution in [2.75, 3.05) is 33.4 Å². The maximum Gasteiger partial charge on any atom is 0.348 e. The maximum atomic E-state index is 12.1. The van der Waals surface area contributed by atoms with Crippen molar-refractivity contribution in [1.82, 2.24) is 10.2 Å². The molecule has 0 radical (unpaired) electrons. The lowest BCUT2D eigenvalue weighted by molar-refractivity contribution is -0.138. The van der Waals surface area contributed by atoms with Gasteiger partial charge < -0.3 is 19.7 Å². The van der Waals surface area contributed by atoms with Crippen LogP contribution in [0.5, 0.6) is 0 Å². The predicted molar refractivity (Wildman–Crippen MR) is 74.6 cm³/mol. The van der Waals surface area contributed by atoms with Gasteiger partial charge in [-0.25, -0.2) is 9.59 Å². The summed E-state index contributed by atoms with van der Waals surface area (Å²) in [5, 5.41) is 12.1. The Morgan fingerprint density at radius 3 is 2.43 bits per heavy atom. The maximum absolute atomic E-state index is 12.1. The van der Waals surface area contributed by atoms with E-state index in [0.29, 0.717) is 18.9 Å². The topological polar surface area (TPSA) is 91.7 Å². The zero-order valence-electron chi connectivity index (χ0n) is 12.4. The van der Waals surface area contributed by atoms with E-state index in [2.05, 4.69) is 5.32 Å². The van der Waals surface area contributed by atoms with Gasteiger partial charge in [-0.2, -0.15) is 5.26 Å². The van der Waals surface area contributed by atoms with Gasteiger partial charge in [-0.1, -0.05) is 0 Å². The van der Waals surface area contributed by atoms with Gasteiger partial charge >= 0.3 is 11.9 Å². The molecule has 7 heteroatoms. The molecule has 0 aromatic rings. The molecule has 1 aliphatic rings. The molecule has 0 aromatic heterocycles. The lowest BCUT2D eigenvalue weighted by Crippen LogP contribution is -2.22. The molecule has 0 spiro atoms. The van der Waals surface area contributed by atoms with Crippen LogP contribution >= 0.6 is 0 Å². The highest BCUT2D eigenvalue weighted by molar-refractivity contribution is 5.99. The summed E-state index contributed by atoms with van der Waals surface area (Å²) in [6, 6.07) is 1.75. The number of ether oxygens (including phenoxy) is 2. The van der Waals surface area contributed by atoms with Gasteiger partial charge in [0.25, 0.3) is 0 Å². The molecule has 0 unspecified atom stereocenters. The fourth-order valence-electron chi connectivity index (χ4n) is 1.81. The summed E-state index contributed by atoms with van der Waals surface area (Å²) >= 11 is 0. The number of hydrogen-bond acceptors (Lipinski definition) is 7. The molecule has 1 saturated heterocycles. The van der Waals surface area contributed by atoms with Crippen molar-refractivity contribution in [2.45, 2.75) is 13.8 Å². The highest BCUT2D eigenvalue weighted by Gasteiger charge is 2.23. The van der Waals surface area contributed by atoms with Crippen LogP contribution in [0.2, 0.25) is 0 Å². The van der Waals surface area contributed by atoms with Crippen LogP contribution in [-0.2, 0) is 19.1 Å². The number of nitrogens with one attached hydrogen (secondary N) is 1. The summed E-state index contributed by atoms with van der Waals surface area (Å²) in [4.78, 5) is 25.5. The second kappa shape index (κ2) is 7.94. The van der Waals surface area contributed by atoms with E-state index in [1.54, 1.807) is 27.0 Å². The van der Waals surface area contributed by atoms with Gasteiger partial charge in [-0.3, -0.25) is 0 Å². The van der Waals surface area contributed by atoms with Crippen molar-refractivity contribution < 1.29 is 19.1 Å². The van der Waals surface area contributed by atoms with Gasteiger partial charge in [-0.15, -0.1) is 0 Å². The monoisotopic (exact) mass is 293 g/mol. The molecule has 0 saturated carbocycles. The van der Waals surface area contributed by atoms with E-state index in [4.69, 9.17) is 14.7 Å².